The van der Waals surface area contributed by atoms with Gasteiger partial charge < -0.3 is 5.73 Å². The lowest BCUT2D eigenvalue weighted by atomic mass is 10.2. The molecule has 0 saturated carbocycles. The molecule has 5 nitrogen and oxygen atoms in total. The predicted octanol–water partition coefficient (Wildman–Crippen LogP) is 1.56. The van der Waals surface area contributed by atoms with Crippen LogP contribution in [0.25, 0.3) is 0 Å². The van der Waals surface area contributed by atoms with Gasteiger partial charge in [0.15, 0.2) is 0 Å². The van der Waals surface area contributed by atoms with Crippen molar-refractivity contribution in [3.05, 3.63) is 23.8 Å². The maximum absolute atomic E-state index is 12.4. The first-order chi connectivity index (χ1) is 8.34. The van der Waals surface area contributed by atoms with E-state index in [9.17, 15) is 8.42 Å². The Morgan fingerprint density at radius 1 is 1.44 bits per heavy atom. The van der Waals surface area contributed by atoms with Crippen LogP contribution in [0.5, 0.6) is 0 Å². The lowest BCUT2D eigenvalue weighted by Crippen LogP contribution is -2.37. The number of sulfonamides is 1. The Morgan fingerprint density at radius 3 is 2.44 bits per heavy atom. The van der Waals surface area contributed by atoms with Gasteiger partial charge in [0.2, 0.25) is 10.0 Å². The minimum Gasteiger partial charge on any atom is -0.398 e. The van der Waals surface area contributed by atoms with E-state index in [4.69, 9.17) is 11.0 Å². The number of nitrogen functional groups attached to an aromatic ring is 1. The van der Waals surface area contributed by atoms with E-state index < -0.39 is 10.0 Å². The molecule has 0 aliphatic rings. The van der Waals surface area contributed by atoms with Crippen molar-refractivity contribution in [1.82, 2.24) is 4.31 Å². The summed E-state index contributed by atoms with van der Waals surface area (Å²) in [6.07, 6.45) is 0. The molecule has 1 aromatic carbocycles. The third kappa shape index (κ3) is 2.63. The van der Waals surface area contributed by atoms with Crippen LogP contribution in [0, 0.1) is 11.3 Å². The Bertz CT molecular complexity index is 573. The molecule has 0 aliphatic heterocycles. The highest BCUT2D eigenvalue weighted by molar-refractivity contribution is 7.89. The zero-order valence-corrected chi connectivity index (χ0v) is 11.5. The van der Waals surface area contributed by atoms with E-state index in [0.717, 1.165) is 0 Å². The molecule has 2 N–H and O–H groups in total. The molecule has 0 aromatic heterocycles. The van der Waals surface area contributed by atoms with Crippen LogP contribution in [0.15, 0.2) is 23.1 Å². The lowest BCUT2D eigenvalue weighted by Gasteiger charge is -2.24. The van der Waals surface area contributed by atoms with Crippen molar-refractivity contribution in [2.45, 2.75) is 31.7 Å². The zero-order chi connectivity index (χ0) is 13.9. The van der Waals surface area contributed by atoms with Crippen LogP contribution in [-0.4, -0.2) is 25.3 Å². The Labute approximate surface area is 108 Å². The highest BCUT2D eigenvalue weighted by Crippen LogP contribution is 2.24. The summed E-state index contributed by atoms with van der Waals surface area (Å²) in [4.78, 5) is 0.0528. The number of nitriles is 1. The number of rotatable bonds is 4. The van der Waals surface area contributed by atoms with Gasteiger partial charge in [-0.25, -0.2) is 8.42 Å². The minimum atomic E-state index is -3.61. The van der Waals surface area contributed by atoms with Crippen molar-refractivity contribution in [3.63, 3.8) is 0 Å². The molecule has 6 heteroatoms. The van der Waals surface area contributed by atoms with Gasteiger partial charge in [0, 0.05) is 12.6 Å². The van der Waals surface area contributed by atoms with Crippen LogP contribution in [0.4, 0.5) is 5.69 Å². The quantitative estimate of drug-likeness (QED) is 0.839. The number of anilines is 1. The van der Waals surface area contributed by atoms with Gasteiger partial charge in [0.1, 0.15) is 4.90 Å². The molecule has 0 fully saturated rings. The molecule has 18 heavy (non-hydrogen) atoms. The molecule has 0 spiro atoms. The highest BCUT2D eigenvalue weighted by atomic mass is 32.2. The van der Waals surface area contributed by atoms with Gasteiger partial charge in [-0.2, -0.15) is 9.57 Å². The molecular formula is C12H17N3O2S. The molecular weight excluding hydrogens is 250 g/mol. The van der Waals surface area contributed by atoms with Crippen molar-refractivity contribution in [3.8, 4) is 6.07 Å². The van der Waals surface area contributed by atoms with Crippen LogP contribution in [0.3, 0.4) is 0 Å². The van der Waals surface area contributed by atoms with Crippen molar-refractivity contribution in [2.24, 2.45) is 0 Å². The monoisotopic (exact) mass is 267 g/mol. The number of hydrogen-bond donors (Lipinski definition) is 1. The van der Waals surface area contributed by atoms with E-state index in [-0.39, 0.29) is 16.6 Å². The number of nitrogens with two attached hydrogens (primary N) is 1. The van der Waals surface area contributed by atoms with Gasteiger partial charge in [0.25, 0.3) is 0 Å². The Morgan fingerprint density at radius 2 is 2.06 bits per heavy atom. The summed E-state index contributed by atoms with van der Waals surface area (Å²) in [7, 11) is -3.61. The summed E-state index contributed by atoms with van der Waals surface area (Å²) in [6.45, 7) is 5.76. The fraction of sp³-hybridized carbons (Fsp3) is 0.417. The maximum atomic E-state index is 12.4. The molecule has 0 aliphatic carbocycles. The van der Waals surface area contributed by atoms with Crippen LogP contribution < -0.4 is 5.73 Å². The van der Waals surface area contributed by atoms with Gasteiger partial charge in [-0.1, -0.05) is 6.92 Å². The largest absolute Gasteiger partial charge is 0.398 e. The normalized spacial score (nSPS) is 11.8. The molecule has 1 aromatic rings. The van der Waals surface area contributed by atoms with Gasteiger partial charge in [-0.3, -0.25) is 0 Å². The van der Waals surface area contributed by atoms with Crippen LogP contribution in [-0.2, 0) is 10.0 Å². The number of benzene rings is 1. The molecule has 0 heterocycles. The number of nitrogens with zero attached hydrogens (tertiary/aromatic N) is 2. The minimum absolute atomic E-state index is 0.0528. The fourth-order valence-electron chi connectivity index (χ4n) is 1.79. The van der Waals surface area contributed by atoms with Gasteiger partial charge in [-0.15, -0.1) is 0 Å². The van der Waals surface area contributed by atoms with Crippen LogP contribution in [0.1, 0.15) is 26.3 Å². The van der Waals surface area contributed by atoms with Gasteiger partial charge >= 0.3 is 0 Å². The first kappa shape index (κ1) is 14.5. The van der Waals surface area contributed by atoms with E-state index in [1.54, 1.807) is 20.8 Å². The van der Waals surface area contributed by atoms with Gasteiger partial charge in [0.05, 0.1) is 17.3 Å². The highest BCUT2D eigenvalue weighted by Gasteiger charge is 2.27. The third-order valence-corrected chi connectivity index (χ3v) is 4.84. The average Bonchev–Trinajstić information content (AvgIpc) is 2.28. The summed E-state index contributed by atoms with van der Waals surface area (Å²) < 4.78 is 26.1. The summed E-state index contributed by atoms with van der Waals surface area (Å²) in [5.41, 5.74) is 6.17. The van der Waals surface area contributed by atoms with Crippen molar-refractivity contribution >= 4 is 15.7 Å². The Balaban J connectivity index is 3.33. The molecule has 0 radical (unpaired) electrons. The second-order valence-electron chi connectivity index (χ2n) is 4.17. The zero-order valence-electron chi connectivity index (χ0n) is 10.7. The lowest BCUT2D eigenvalue weighted by molar-refractivity contribution is 0.369. The molecule has 0 amide bonds. The Hall–Kier alpha value is -1.58. The van der Waals surface area contributed by atoms with E-state index >= 15 is 0 Å². The second-order valence-corrected chi connectivity index (χ2v) is 6.03. The number of hydrogen-bond acceptors (Lipinski definition) is 4. The van der Waals surface area contributed by atoms with Crippen molar-refractivity contribution in [1.29, 1.82) is 5.26 Å². The smallest absolute Gasteiger partial charge is 0.245 e. The summed E-state index contributed by atoms with van der Waals surface area (Å²) in [6, 6.07) is 6.00. The van der Waals surface area contributed by atoms with Gasteiger partial charge in [-0.05, 0) is 32.0 Å². The molecule has 0 unspecified atom stereocenters. The maximum Gasteiger partial charge on any atom is 0.245 e. The summed E-state index contributed by atoms with van der Waals surface area (Å²) >= 11 is 0. The molecule has 0 atom stereocenters. The van der Waals surface area contributed by atoms with Crippen molar-refractivity contribution < 1.29 is 8.42 Å². The summed E-state index contributed by atoms with van der Waals surface area (Å²) in [5.74, 6) is 0. The summed E-state index contributed by atoms with van der Waals surface area (Å²) in [5, 5.41) is 8.73. The predicted molar refractivity (Wildman–Crippen MR) is 70.3 cm³/mol. The molecule has 1 rings (SSSR count). The Kier molecular flexibility index (Phi) is 4.33. The van der Waals surface area contributed by atoms with Crippen LogP contribution in [0.2, 0.25) is 0 Å². The van der Waals surface area contributed by atoms with Crippen LogP contribution >= 0.6 is 0 Å². The van der Waals surface area contributed by atoms with Crippen molar-refractivity contribution in [2.75, 3.05) is 12.3 Å². The first-order valence-corrected chi connectivity index (χ1v) is 7.10. The average molecular weight is 267 g/mol. The van der Waals surface area contributed by atoms with E-state index in [2.05, 4.69) is 0 Å². The second kappa shape index (κ2) is 5.38. The standard InChI is InChI=1S/C12H17N3O2S/c1-4-15(9(2)3)18(16,17)12-6-5-10(8-13)7-11(12)14/h5-7,9H,4,14H2,1-3H3. The van der Waals surface area contributed by atoms with E-state index in [1.807, 2.05) is 6.07 Å². The molecule has 0 bridgehead atoms. The fourth-order valence-corrected chi connectivity index (χ4v) is 3.54. The first-order valence-electron chi connectivity index (χ1n) is 5.66. The molecule has 0 saturated heterocycles. The molecule has 98 valence electrons. The topological polar surface area (TPSA) is 87.2 Å². The SMILES string of the molecule is CCN(C(C)C)S(=O)(=O)c1ccc(C#N)cc1N. The van der Waals surface area contributed by atoms with E-state index in [0.29, 0.717) is 12.1 Å². The van der Waals surface area contributed by atoms with E-state index in [1.165, 1.54) is 22.5 Å². The third-order valence-electron chi connectivity index (χ3n) is 2.61.